The van der Waals surface area contributed by atoms with Crippen molar-refractivity contribution in [3.8, 4) is 0 Å². The monoisotopic (exact) mass is 204 g/mol. The van der Waals surface area contributed by atoms with E-state index in [0.717, 1.165) is 12.8 Å². The van der Waals surface area contributed by atoms with Crippen LogP contribution in [0.5, 0.6) is 0 Å². The molecule has 0 aromatic rings. The molecule has 0 aromatic carbocycles. The lowest BCUT2D eigenvalue weighted by Crippen LogP contribution is -2.37. The van der Waals surface area contributed by atoms with Crippen molar-refractivity contribution in [2.45, 2.75) is 25.8 Å². The number of nitrogens with two attached hydrogens (primary N) is 1. The normalized spacial score (nSPS) is 11.9. The molecule has 0 radical (unpaired) electrons. The van der Waals surface area contributed by atoms with Gasteiger partial charge in [-0.05, 0) is 6.42 Å². The lowest BCUT2D eigenvalue weighted by atomic mass is 10.3. The molecule has 0 aromatic heterocycles. The average Bonchev–Trinajstić information content (AvgIpc) is 2.14. The summed E-state index contributed by atoms with van der Waals surface area (Å²) in [5, 5.41) is 10.8. The summed E-state index contributed by atoms with van der Waals surface area (Å²) >= 11 is 0. The van der Waals surface area contributed by atoms with Gasteiger partial charge in [-0.3, -0.25) is 4.79 Å². The summed E-state index contributed by atoms with van der Waals surface area (Å²) in [5.41, 5.74) is 5.12. The van der Waals surface area contributed by atoms with E-state index in [2.05, 4.69) is 10.1 Å². The first-order chi connectivity index (χ1) is 6.57. The van der Waals surface area contributed by atoms with Crippen molar-refractivity contribution >= 4 is 12.1 Å². The Morgan fingerprint density at radius 1 is 1.57 bits per heavy atom. The molecule has 1 atom stereocenters. The number of hydrogen-bond acceptors (Lipinski definition) is 4. The van der Waals surface area contributed by atoms with Crippen LogP contribution in [0, 0.1) is 0 Å². The van der Waals surface area contributed by atoms with Crippen LogP contribution < -0.4 is 11.1 Å². The molecule has 6 nitrogen and oxygen atoms in total. The number of aliphatic carboxylic acids is 1. The molecular formula is C8H16N2O4. The van der Waals surface area contributed by atoms with Gasteiger partial charge < -0.3 is 20.9 Å². The maximum atomic E-state index is 10.9. The lowest BCUT2D eigenvalue weighted by molar-refractivity contribution is -0.139. The Kier molecular flexibility index (Phi) is 6.47. The van der Waals surface area contributed by atoms with E-state index in [0.29, 0.717) is 6.54 Å². The average molecular weight is 204 g/mol. The minimum absolute atomic E-state index is 0.312. The van der Waals surface area contributed by atoms with Gasteiger partial charge in [0.25, 0.3) is 0 Å². The fourth-order valence-electron chi connectivity index (χ4n) is 0.655. The molecule has 0 aliphatic carbocycles. The molecule has 0 saturated carbocycles. The summed E-state index contributed by atoms with van der Waals surface area (Å²) in [6.07, 6.45) is 1.20. The van der Waals surface area contributed by atoms with Crippen LogP contribution in [-0.2, 0) is 9.53 Å². The van der Waals surface area contributed by atoms with E-state index in [1.54, 1.807) is 0 Å². The van der Waals surface area contributed by atoms with Crippen LogP contribution in [0.3, 0.4) is 0 Å². The standard InChI is InChI=1S/C8H16N2O4/c1-2-3-4-10-8(13)14-5-6(9)7(11)12/h6H,2-5,9H2,1H3,(H,10,13)(H,11,12)/t6-/m0/s1. The minimum Gasteiger partial charge on any atom is -0.480 e. The quantitative estimate of drug-likeness (QED) is 0.525. The minimum atomic E-state index is -1.19. The number of unbranched alkanes of at least 4 members (excludes halogenated alkanes) is 1. The summed E-state index contributed by atoms with van der Waals surface area (Å²) in [6.45, 7) is 2.21. The van der Waals surface area contributed by atoms with Crippen LogP contribution in [0.2, 0.25) is 0 Å². The fourth-order valence-corrected chi connectivity index (χ4v) is 0.655. The zero-order valence-electron chi connectivity index (χ0n) is 8.16. The fraction of sp³-hybridized carbons (Fsp3) is 0.750. The number of alkyl carbamates (subject to hydrolysis) is 1. The molecule has 0 bridgehead atoms. The molecule has 14 heavy (non-hydrogen) atoms. The molecule has 0 heterocycles. The van der Waals surface area contributed by atoms with Gasteiger partial charge in [-0.15, -0.1) is 0 Å². The second kappa shape index (κ2) is 7.14. The summed E-state index contributed by atoms with van der Waals surface area (Å²) in [5.74, 6) is -1.19. The maximum Gasteiger partial charge on any atom is 0.407 e. The third-order valence-electron chi connectivity index (χ3n) is 1.51. The Labute approximate surface area is 82.4 Å². The van der Waals surface area contributed by atoms with Crippen molar-refractivity contribution in [3.63, 3.8) is 0 Å². The highest BCUT2D eigenvalue weighted by Crippen LogP contribution is 1.86. The Morgan fingerprint density at radius 3 is 2.71 bits per heavy atom. The first-order valence-electron chi connectivity index (χ1n) is 4.47. The van der Waals surface area contributed by atoms with Gasteiger partial charge in [-0.2, -0.15) is 0 Å². The second-order valence-electron chi connectivity index (χ2n) is 2.82. The van der Waals surface area contributed by atoms with Crippen LogP contribution in [0.25, 0.3) is 0 Å². The van der Waals surface area contributed by atoms with E-state index >= 15 is 0 Å². The topological polar surface area (TPSA) is 102 Å². The highest BCUT2D eigenvalue weighted by molar-refractivity contribution is 5.74. The zero-order chi connectivity index (χ0) is 11.0. The molecule has 0 saturated heterocycles. The van der Waals surface area contributed by atoms with Crippen molar-refractivity contribution < 1.29 is 19.4 Å². The van der Waals surface area contributed by atoms with Crippen LogP contribution >= 0.6 is 0 Å². The Hall–Kier alpha value is -1.30. The lowest BCUT2D eigenvalue weighted by Gasteiger charge is -2.08. The summed E-state index contributed by atoms with van der Waals surface area (Å²) in [6, 6.07) is -1.16. The number of carbonyl (C=O) groups excluding carboxylic acids is 1. The molecule has 6 heteroatoms. The van der Waals surface area contributed by atoms with E-state index < -0.39 is 18.1 Å². The second-order valence-corrected chi connectivity index (χ2v) is 2.82. The van der Waals surface area contributed by atoms with E-state index in [1.807, 2.05) is 6.92 Å². The molecule has 0 aliphatic rings. The number of carbonyl (C=O) groups is 2. The number of hydrogen-bond donors (Lipinski definition) is 3. The van der Waals surface area contributed by atoms with E-state index in [4.69, 9.17) is 10.8 Å². The first-order valence-corrected chi connectivity index (χ1v) is 4.47. The predicted octanol–water partition coefficient (Wildman–Crippen LogP) is -0.0754. The van der Waals surface area contributed by atoms with E-state index in [9.17, 15) is 9.59 Å². The Morgan fingerprint density at radius 2 is 2.21 bits per heavy atom. The highest BCUT2D eigenvalue weighted by atomic mass is 16.5. The molecule has 4 N–H and O–H groups in total. The van der Waals surface area contributed by atoms with E-state index in [-0.39, 0.29) is 6.61 Å². The molecule has 0 rings (SSSR count). The zero-order valence-corrected chi connectivity index (χ0v) is 8.16. The van der Waals surface area contributed by atoms with E-state index in [1.165, 1.54) is 0 Å². The number of nitrogens with one attached hydrogen (secondary N) is 1. The number of ether oxygens (including phenoxy) is 1. The molecule has 0 spiro atoms. The molecular weight excluding hydrogens is 188 g/mol. The van der Waals surface area contributed by atoms with Gasteiger partial charge in [0, 0.05) is 6.54 Å². The largest absolute Gasteiger partial charge is 0.480 e. The molecule has 82 valence electrons. The van der Waals surface area contributed by atoms with Gasteiger partial charge in [0.2, 0.25) is 0 Å². The van der Waals surface area contributed by atoms with Crippen molar-refractivity contribution in [1.82, 2.24) is 5.32 Å². The van der Waals surface area contributed by atoms with Crippen molar-refractivity contribution in [2.24, 2.45) is 5.73 Å². The highest BCUT2D eigenvalue weighted by Gasteiger charge is 2.13. The van der Waals surface area contributed by atoms with Gasteiger partial charge in [0.15, 0.2) is 0 Å². The number of carboxylic acid groups (broad SMARTS) is 1. The van der Waals surface area contributed by atoms with Crippen LogP contribution in [-0.4, -0.2) is 36.4 Å². The molecule has 0 aliphatic heterocycles. The van der Waals surface area contributed by atoms with Crippen molar-refractivity contribution in [2.75, 3.05) is 13.2 Å². The van der Waals surface area contributed by atoms with Crippen molar-refractivity contribution in [1.29, 1.82) is 0 Å². The van der Waals surface area contributed by atoms with Crippen LogP contribution in [0.1, 0.15) is 19.8 Å². The SMILES string of the molecule is CCCCNC(=O)OC[C@H](N)C(=O)O. The van der Waals surface area contributed by atoms with Crippen LogP contribution in [0.4, 0.5) is 4.79 Å². The van der Waals surface area contributed by atoms with Gasteiger partial charge in [0.05, 0.1) is 0 Å². The van der Waals surface area contributed by atoms with Gasteiger partial charge in [-0.1, -0.05) is 13.3 Å². The molecule has 0 fully saturated rings. The molecule has 1 amide bonds. The summed E-state index contributed by atoms with van der Waals surface area (Å²) in [4.78, 5) is 21.1. The molecule has 0 unspecified atom stereocenters. The van der Waals surface area contributed by atoms with Gasteiger partial charge >= 0.3 is 12.1 Å². The first kappa shape index (κ1) is 12.7. The third-order valence-corrected chi connectivity index (χ3v) is 1.51. The Bertz CT molecular complexity index is 196. The maximum absolute atomic E-state index is 10.9. The summed E-state index contributed by atoms with van der Waals surface area (Å²) < 4.78 is 4.56. The van der Waals surface area contributed by atoms with Crippen LogP contribution in [0.15, 0.2) is 0 Å². The smallest absolute Gasteiger partial charge is 0.407 e. The Balaban J connectivity index is 3.48. The number of carboxylic acids is 1. The predicted molar refractivity (Wildman–Crippen MR) is 49.9 cm³/mol. The van der Waals surface area contributed by atoms with Gasteiger partial charge in [0.1, 0.15) is 12.6 Å². The number of amides is 1. The van der Waals surface area contributed by atoms with Crippen molar-refractivity contribution in [3.05, 3.63) is 0 Å². The third kappa shape index (κ3) is 6.24. The van der Waals surface area contributed by atoms with Gasteiger partial charge in [-0.25, -0.2) is 4.79 Å². The summed E-state index contributed by atoms with van der Waals surface area (Å²) in [7, 11) is 0. The number of rotatable bonds is 6.